The summed E-state index contributed by atoms with van der Waals surface area (Å²) < 4.78 is 1.92. The number of non-ortho nitro benzene ring substituents is 1. The van der Waals surface area contributed by atoms with Crippen molar-refractivity contribution in [2.75, 3.05) is 0 Å². The second-order valence-electron chi connectivity index (χ2n) is 5.80. The van der Waals surface area contributed by atoms with Crippen LogP contribution in [-0.4, -0.2) is 15.8 Å². The number of nitro groups is 1. The molecular formula is C19H15N3O3. The molecule has 25 heavy (non-hydrogen) atoms. The van der Waals surface area contributed by atoms with E-state index in [0.717, 1.165) is 28.3 Å². The molecule has 1 heterocycles. The highest BCUT2D eigenvalue weighted by Gasteiger charge is 2.12. The summed E-state index contributed by atoms with van der Waals surface area (Å²) in [6.45, 7) is 2.44. The molecular weight excluding hydrogens is 318 g/mol. The van der Waals surface area contributed by atoms with Gasteiger partial charge in [0.25, 0.3) is 5.69 Å². The van der Waals surface area contributed by atoms with E-state index < -0.39 is 4.92 Å². The number of aromatic nitrogens is 1. The number of fused-ring (bicyclic) bond motifs is 1. The summed E-state index contributed by atoms with van der Waals surface area (Å²) in [4.78, 5) is 21.4. The summed E-state index contributed by atoms with van der Waals surface area (Å²) >= 11 is 0. The van der Waals surface area contributed by atoms with Crippen molar-refractivity contribution < 1.29 is 9.72 Å². The monoisotopic (exact) mass is 333 g/mol. The number of aldehydes is 1. The minimum Gasteiger partial charge on any atom is -0.332 e. The SMILES string of the molecule is Cc1c(C=O)ccc2c1cc(C#N)n2CCc1ccc([N+](=O)[O-])cc1. The molecule has 124 valence electrons. The van der Waals surface area contributed by atoms with E-state index in [1.54, 1.807) is 24.3 Å². The third-order valence-electron chi connectivity index (χ3n) is 4.41. The van der Waals surface area contributed by atoms with Gasteiger partial charge >= 0.3 is 0 Å². The minimum absolute atomic E-state index is 0.0601. The second-order valence-corrected chi connectivity index (χ2v) is 5.80. The Morgan fingerprint density at radius 3 is 2.56 bits per heavy atom. The van der Waals surface area contributed by atoms with Crippen molar-refractivity contribution in [1.82, 2.24) is 4.57 Å². The fraction of sp³-hybridized carbons (Fsp3) is 0.158. The first-order valence-corrected chi connectivity index (χ1v) is 7.76. The van der Waals surface area contributed by atoms with Crippen LogP contribution in [0.2, 0.25) is 0 Å². The fourth-order valence-corrected chi connectivity index (χ4v) is 2.98. The molecule has 0 aliphatic heterocycles. The quantitative estimate of drug-likeness (QED) is 0.404. The number of nitro benzene ring substituents is 1. The third kappa shape index (κ3) is 3.00. The first-order valence-electron chi connectivity index (χ1n) is 7.76. The molecule has 3 aromatic rings. The Kier molecular flexibility index (Phi) is 4.31. The predicted molar refractivity (Wildman–Crippen MR) is 93.6 cm³/mol. The largest absolute Gasteiger partial charge is 0.332 e. The molecule has 0 aliphatic carbocycles. The Balaban J connectivity index is 1.93. The first kappa shape index (κ1) is 16.4. The maximum atomic E-state index is 11.1. The molecule has 3 rings (SSSR count). The van der Waals surface area contributed by atoms with Crippen molar-refractivity contribution in [1.29, 1.82) is 5.26 Å². The standard InChI is InChI=1S/C19H15N3O3/c1-13-15(12-23)4-7-19-18(13)10-17(11-20)21(19)9-8-14-2-5-16(6-3-14)22(24)25/h2-7,10,12H,8-9H2,1H3. The average molecular weight is 333 g/mol. The number of hydrogen-bond donors (Lipinski definition) is 0. The summed E-state index contributed by atoms with van der Waals surface area (Å²) in [5.41, 5.74) is 3.93. The fourth-order valence-electron chi connectivity index (χ4n) is 2.98. The number of carbonyl (C=O) groups is 1. The van der Waals surface area contributed by atoms with Crippen LogP contribution in [0.1, 0.15) is 27.2 Å². The molecule has 6 nitrogen and oxygen atoms in total. The molecule has 0 bridgehead atoms. The highest BCUT2D eigenvalue weighted by molar-refractivity contribution is 5.92. The summed E-state index contributed by atoms with van der Waals surface area (Å²) in [7, 11) is 0. The van der Waals surface area contributed by atoms with Crippen molar-refractivity contribution in [2.45, 2.75) is 19.9 Å². The van der Waals surface area contributed by atoms with Gasteiger partial charge in [-0.25, -0.2) is 0 Å². The molecule has 0 N–H and O–H groups in total. The summed E-state index contributed by atoms with van der Waals surface area (Å²) in [5, 5.41) is 21.0. The van der Waals surface area contributed by atoms with Crippen LogP contribution in [0.5, 0.6) is 0 Å². The van der Waals surface area contributed by atoms with Gasteiger partial charge < -0.3 is 4.57 Å². The number of benzene rings is 2. The molecule has 1 aromatic heterocycles. The molecule has 0 amide bonds. The highest BCUT2D eigenvalue weighted by atomic mass is 16.6. The van der Waals surface area contributed by atoms with E-state index in [4.69, 9.17) is 0 Å². The lowest BCUT2D eigenvalue weighted by atomic mass is 10.1. The first-order chi connectivity index (χ1) is 12.0. The molecule has 0 aliphatic rings. The Bertz CT molecular complexity index is 1010. The number of carbonyl (C=O) groups excluding carboxylic acids is 1. The Hall–Kier alpha value is -3.46. The molecule has 0 saturated carbocycles. The minimum atomic E-state index is -0.426. The van der Waals surface area contributed by atoms with Crippen molar-refractivity contribution in [3.8, 4) is 6.07 Å². The van der Waals surface area contributed by atoms with Crippen LogP contribution in [-0.2, 0) is 13.0 Å². The summed E-state index contributed by atoms with van der Waals surface area (Å²) in [5.74, 6) is 0. The van der Waals surface area contributed by atoms with E-state index in [-0.39, 0.29) is 5.69 Å². The van der Waals surface area contributed by atoms with Gasteiger partial charge in [-0.1, -0.05) is 12.1 Å². The maximum absolute atomic E-state index is 11.1. The van der Waals surface area contributed by atoms with E-state index in [1.807, 2.05) is 17.6 Å². The smallest absolute Gasteiger partial charge is 0.269 e. The van der Waals surface area contributed by atoms with E-state index >= 15 is 0 Å². The van der Waals surface area contributed by atoms with Crippen molar-refractivity contribution >= 4 is 22.9 Å². The van der Waals surface area contributed by atoms with Crippen LogP contribution < -0.4 is 0 Å². The molecule has 6 heteroatoms. The molecule has 2 aromatic carbocycles. The zero-order valence-electron chi connectivity index (χ0n) is 13.6. The van der Waals surface area contributed by atoms with Gasteiger partial charge in [0, 0.05) is 35.1 Å². The van der Waals surface area contributed by atoms with Gasteiger partial charge in [0.1, 0.15) is 18.0 Å². The third-order valence-corrected chi connectivity index (χ3v) is 4.41. The Labute approximate surface area is 144 Å². The predicted octanol–water partition coefficient (Wildman–Crippen LogP) is 3.78. The lowest BCUT2D eigenvalue weighted by Gasteiger charge is -2.08. The van der Waals surface area contributed by atoms with E-state index in [1.165, 1.54) is 12.1 Å². The van der Waals surface area contributed by atoms with Gasteiger partial charge in [-0.2, -0.15) is 5.26 Å². The average Bonchev–Trinajstić information content (AvgIpc) is 2.99. The van der Waals surface area contributed by atoms with Crippen molar-refractivity contribution in [3.63, 3.8) is 0 Å². The molecule has 0 atom stereocenters. The van der Waals surface area contributed by atoms with Gasteiger partial charge in [0.05, 0.1) is 4.92 Å². The Morgan fingerprint density at radius 1 is 1.24 bits per heavy atom. The zero-order chi connectivity index (χ0) is 18.0. The zero-order valence-corrected chi connectivity index (χ0v) is 13.6. The number of aryl methyl sites for hydroxylation is 3. The summed E-state index contributed by atoms with van der Waals surface area (Å²) in [6, 6.07) is 14.0. The van der Waals surface area contributed by atoms with Crippen LogP contribution >= 0.6 is 0 Å². The summed E-state index contributed by atoms with van der Waals surface area (Å²) in [6.07, 6.45) is 1.46. The van der Waals surface area contributed by atoms with Crippen LogP contribution in [0.25, 0.3) is 10.9 Å². The number of nitrogens with zero attached hydrogens (tertiary/aromatic N) is 3. The van der Waals surface area contributed by atoms with Crippen LogP contribution in [0.3, 0.4) is 0 Å². The van der Waals surface area contributed by atoms with Crippen LogP contribution in [0, 0.1) is 28.4 Å². The number of rotatable bonds is 5. The van der Waals surface area contributed by atoms with E-state index in [0.29, 0.717) is 24.2 Å². The van der Waals surface area contributed by atoms with Crippen LogP contribution in [0.15, 0.2) is 42.5 Å². The molecule has 0 spiro atoms. The van der Waals surface area contributed by atoms with Crippen molar-refractivity contribution in [2.24, 2.45) is 0 Å². The van der Waals surface area contributed by atoms with Gasteiger partial charge in [-0.05, 0) is 42.7 Å². The van der Waals surface area contributed by atoms with Gasteiger partial charge in [-0.3, -0.25) is 14.9 Å². The van der Waals surface area contributed by atoms with E-state index in [2.05, 4.69) is 6.07 Å². The lowest BCUT2D eigenvalue weighted by Crippen LogP contribution is -2.04. The number of hydrogen-bond acceptors (Lipinski definition) is 4. The van der Waals surface area contributed by atoms with Crippen LogP contribution in [0.4, 0.5) is 5.69 Å². The number of nitriles is 1. The topological polar surface area (TPSA) is 88.9 Å². The molecule has 0 saturated heterocycles. The van der Waals surface area contributed by atoms with Crippen molar-refractivity contribution in [3.05, 3.63) is 75.0 Å². The maximum Gasteiger partial charge on any atom is 0.269 e. The molecule has 0 radical (unpaired) electrons. The Morgan fingerprint density at radius 2 is 1.96 bits per heavy atom. The second kappa shape index (κ2) is 6.57. The molecule has 0 fully saturated rings. The van der Waals surface area contributed by atoms with Gasteiger partial charge in [-0.15, -0.1) is 0 Å². The lowest BCUT2D eigenvalue weighted by molar-refractivity contribution is -0.384. The van der Waals surface area contributed by atoms with Gasteiger partial charge in [0.15, 0.2) is 0 Å². The van der Waals surface area contributed by atoms with E-state index in [9.17, 15) is 20.2 Å². The normalized spacial score (nSPS) is 10.6. The highest BCUT2D eigenvalue weighted by Crippen LogP contribution is 2.25. The van der Waals surface area contributed by atoms with Gasteiger partial charge in [0.2, 0.25) is 0 Å². The molecule has 0 unspecified atom stereocenters.